The van der Waals surface area contributed by atoms with E-state index in [1.165, 1.54) is 27.4 Å². The Morgan fingerprint density at radius 3 is 2.23 bits per heavy atom. The van der Waals surface area contributed by atoms with E-state index in [1.807, 2.05) is 0 Å². The lowest BCUT2D eigenvalue weighted by molar-refractivity contribution is 0.0698. The molecular formula is C19H21ClFN3O5S2. The molecule has 2 aromatic carbocycles. The van der Waals surface area contributed by atoms with E-state index in [-0.39, 0.29) is 59.0 Å². The monoisotopic (exact) mass is 489 g/mol. The Morgan fingerprint density at radius 2 is 1.65 bits per heavy atom. The molecule has 1 aliphatic heterocycles. The molecule has 1 saturated heterocycles. The summed E-state index contributed by atoms with van der Waals surface area (Å²) in [6.45, 7) is 2.39. The van der Waals surface area contributed by atoms with E-state index < -0.39 is 25.9 Å². The van der Waals surface area contributed by atoms with Crippen LogP contribution in [0.25, 0.3) is 0 Å². The highest BCUT2D eigenvalue weighted by atomic mass is 35.5. The maximum absolute atomic E-state index is 13.1. The Hall–Kier alpha value is -2.21. The average molecular weight is 490 g/mol. The smallest absolute Gasteiger partial charge is 0.261 e. The predicted octanol–water partition coefficient (Wildman–Crippen LogP) is 2.39. The fourth-order valence-electron chi connectivity index (χ4n) is 3.09. The van der Waals surface area contributed by atoms with Gasteiger partial charge in [-0.1, -0.05) is 11.6 Å². The molecule has 8 nitrogen and oxygen atoms in total. The van der Waals surface area contributed by atoms with Crippen LogP contribution in [-0.4, -0.2) is 63.9 Å². The van der Waals surface area contributed by atoms with E-state index in [1.54, 1.807) is 6.92 Å². The summed E-state index contributed by atoms with van der Waals surface area (Å²) in [4.78, 5) is 14.2. The molecule has 0 aromatic heterocycles. The van der Waals surface area contributed by atoms with E-state index >= 15 is 0 Å². The molecule has 0 radical (unpaired) electrons. The van der Waals surface area contributed by atoms with Crippen molar-refractivity contribution in [2.45, 2.75) is 11.8 Å². The SMILES string of the molecule is CCS(=O)(=O)N1CCN(C(=O)c2ccc(Cl)c(NS(=O)(=O)c3ccc(F)cc3)c2)CC1. The number of carbonyl (C=O) groups is 1. The highest BCUT2D eigenvalue weighted by Crippen LogP contribution is 2.27. The molecule has 0 bridgehead atoms. The molecule has 0 aliphatic carbocycles. The summed E-state index contributed by atoms with van der Waals surface area (Å²) in [7, 11) is -7.36. The third-order valence-corrected chi connectivity index (χ3v) is 8.46. The maximum Gasteiger partial charge on any atom is 0.261 e. The Morgan fingerprint density at radius 1 is 1.03 bits per heavy atom. The van der Waals surface area contributed by atoms with Crippen LogP contribution in [0, 0.1) is 5.82 Å². The molecule has 1 fully saturated rings. The van der Waals surface area contributed by atoms with E-state index in [0.717, 1.165) is 24.3 Å². The molecule has 1 heterocycles. The Labute approximate surface area is 185 Å². The summed E-state index contributed by atoms with van der Waals surface area (Å²) >= 11 is 6.11. The van der Waals surface area contributed by atoms with Gasteiger partial charge in [0.05, 0.1) is 21.4 Å². The van der Waals surface area contributed by atoms with Gasteiger partial charge in [-0.2, -0.15) is 4.31 Å². The Bertz CT molecular complexity index is 1180. The number of anilines is 1. The largest absolute Gasteiger partial charge is 0.336 e. The van der Waals surface area contributed by atoms with Gasteiger partial charge in [0.2, 0.25) is 10.0 Å². The van der Waals surface area contributed by atoms with Gasteiger partial charge in [-0.3, -0.25) is 9.52 Å². The number of carbonyl (C=O) groups excluding carboxylic acids is 1. The van der Waals surface area contributed by atoms with Gasteiger partial charge in [-0.05, 0) is 49.4 Å². The molecule has 1 aliphatic rings. The number of hydrogen-bond donors (Lipinski definition) is 1. The third kappa shape index (κ3) is 5.35. The van der Waals surface area contributed by atoms with Crippen LogP contribution in [-0.2, 0) is 20.0 Å². The van der Waals surface area contributed by atoms with Crippen molar-refractivity contribution in [2.24, 2.45) is 0 Å². The molecule has 0 unspecified atom stereocenters. The minimum absolute atomic E-state index is 0.00374. The van der Waals surface area contributed by atoms with Gasteiger partial charge in [0.1, 0.15) is 5.82 Å². The van der Waals surface area contributed by atoms with Crippen LogP contribution in [0.4, 0.5) is 10.1 Å². The second kappa shape index (κ2) is 9.11. The molecule has 0 saturated carbocycles. The van der Waals surface area contributed by atoms with Gasteiger partial charge in [0.15, 0.2) is 0 Å². The number of amides is 1. The number of sulfonamides is 2. The molecule has 3 rings (SSSR count). The first-order chi connectivity index (χ1) is 14.5. The number of piperazine rings is 1. The minimum Gasteiger partial charge on any atom is -0.336 e. The van der Waals surface area contributed by atoms with Crippen LogP contribution >= 0.6 is 11.6 Å². The van der Waals surface area contributed by atoms with Crippen LogP contribution in [0.15, 0.2) is 47.4 Å². The van der Waals surface area contributed by atoms with Crippen molar-refractivity contribution in [1.29, 1.82) is 0 Å². The lowest BCUT2D eigenvalue weighted by Gasteiger charge is -2.34. The van der Waals surface area contributed by atoms with E-state index in [9.17, 15) is 26.0 Å². The van der Waals surface area contributed by atoms with Crippen molar-refractivity contribution in [1.82, 2.24) is 9.21 Å². The van der Waals surface area contributed by atoms with Crippen LogP contribution < -0.4 is 4.72 Å². The van der Waals surface area contributed by atoms with Crippen molar-refractivity contribution in [3.63, 3.8) is 0 Å². The first kappa shape index (κ1) is 23.5. The van der Waals surface area contributed by atoms with E-state index in [4.69, 9.17) is 11.6 Å². The predicted molar refractivity (Wildman–Crippen MR) is 116 cm³/mol. The number of nitrogens with zero attached hydrogens (tertiary/aromatic N) is 2. The molecule has 1 N–H and O–H groups in total. The number of benzene rings is 2. The zero-order chi connectivity index (χ0) is 22.8. The quantitative estimate of drug-likeness (QED) is 0.671. The van der Waals surface area contributed by atoms with Crippen molar-refractivity contribution in [2.75, 3.05) is 36.7 Å². The lowest BCUT2D eigenvalue weighted by Crippen LogP contribution is -2.50. The fourth-order valence-corrected chi connectivity index (χ4v) is 5.46. The number of rotatable bonds is 6. The normalized spacial score (nSPS) is 15.6. The van der Waals surface area contributed by atoms with Crippen LogP contribution in [0.3, 0.4) is 0 Å². The number of hydrogen-bond acceptors (Lipinski definition) is 5. The summed E-state index contributed by atoms with van der Waals surface area (Å²) < 4.78 is 65.8. The van der Waals surface area contributed by atoms with Crippen molar-refractivity contribution in [3.8, 4) is 0 Å². The molecule has 1 amide bonds. The highest BCUT2D eigenvalue weighted by molar-refractivity contribution is 7.92. The Kier molecular flexibility index (Phi) is 6.89. The fraction of sp³-hybridized carbons (Fsp3) is 0.316. The molecule has 0 spiro atoms. The van der Waals surface area contributed by atoms with Gasteiger partial charge in [0.25, 0.3) is 15.9 Å². The van der Waals surface area contributed by atoms with Gasteiger partial charge in [-0.25, -0.2) is 21.2 Å². The zero-order valence-electron chi connectivity index (χ0n) is 16.6. The second-order valence-corrected chi connectivity index (χ2v) is 11.2. The highest BCUT2D eigenvalue weighted by Gasteiger charge is 2.28. The van der Waals surface area contributed by atoms with Crippen molar-refractivity contribution >= 4 is 43.2 Å². The van der Waals surface area contributed by atoms with Crippen LogP contribution in [0.2, 0.25) is 5.02 Å². The second-order valence-electron chi connectivity index (χ2n) is 6.85. The Balaban J connectivity index is 1.76. The molecule has 2 aromatic rings. The summed E-state index contributed by atoms with van der Waals surface area (Å²) in [5.74, 6) is -0.945. The molecule has 31 heavy (non-hydrogen) atoms. The summed E-state index contributed by atoms with van der Waals surface area (Å²) in [5.41, 5.74) is 0.206. The van der Waals surface area contributed by atoms with Gasteiger partial charge >= 0.3 is 0 Å². The maximum atomic E-state index is 13.1. The topological polar surface area (TPSA) is 104 Å². The van der Waals surface area contributed by atoms with Gasteiger partial charge in [0, 0.05) is 31.7 Å². The average Bonchev–Trinajstić information content (AvgIpc) is 2.75. The van der Waals surface area contributed by atoms with Crippen LogP contribution in [0.1, 0.15) is 17.3 Å². The lowest BCUT2D eigenvalue weighted by atomic mass is 10.1. The number of nitrogens with one attached hydrogen (secondary N) is 1. The van der Waals surface area contributed by atoms with Gasteiger partial charge in [-0.15, -0.1) is 0 Å². The molecule has 168 valence electrons. The van der Waals surface area contributed by atoms with Gasteiger partial charge < -0.3 is 4.90 Å². The van der Waals surface area contributed by atoms with E-state index in [2.05, 4.69) is 4.72 Å². The zero-order valence-corrected chi connectivity index (χ0v) is 19.0. The standard InChI is InChI=1S/C19H21ClFN3O5S2/c1-2-30(26,27)24-11-9-23(10-12-24)19(25)14-3-8-17(20)18(13-14)22-31(28,29)16-6-4-15(21)5-7-16/h3-8,13,22H,2,9-12H2,1H3. The molecule has 0 atom stereocenters. The molecule has 12 heteroatoms. The molecular weight excluding hydrogens is 469 g/mol. The van der Waals surface area contributed by atoms with Crippen molar-refractivity contribution < 1.29 is 26.0 Å². The first-order valence-corrected chi connectivity index (χ1v) is 12.9. The first-order valence-electron chi connectivity index (χ1n) is 9.38. The summed E-state index contributed by atoms with van der Waals surface area (Å²) in [5, 5.41) is 0.0843. The summed E-state index contributed by atoms with van der Waals surface area (Å²) in [6.07, 6.45) is 0. The summed E-state index contributed by atoms with van der Waals surface area (Å²) in [6, 6.07) is 8.46. The van der Waals surface area contributed by atoms with Crippen LogP contribution in [0.5, 0.6) is 0 Å². The van der Waals surface area contributed by atoms with E-state index in [0.29, 0.717) is 0 Å². The third-order valence-electron chi connectivity index (χ3n) is 4.87. The number of halogens is 2. The van der Waals surface area contributed by atoms with Crippen molar-refractivity contribution in [3.05, 3.63) is 58.9 Å². The minimum atomic E-state index is -4.05.